The second kappa shape index (κ2) is 9.24. The van der Waals surface area contributed by atoms with Crippen molar-refractivity contribution in [2.45, 2.75) is 58.9 Å². The number of aryl methyl sites for hydroxylation is 3. The predicted octanol–water partition coefficient (Wildman–Crippen LogP) is 3.82. The van der Waals surface area contributed by atoms with Crippen molar-refractivity contribution in [3.05, 3.63) is 50.8 Å². The normalized spacial score (nSPS) is 17.7. The Hall–Kier alpha value is -2.38. The van der Waals surface area contributed by atoms with Crippen LogP contribution in [0.5, 0.6) is 0 Å². The number of aromatic nitrogens is 2. The van der Waals surface area contributed by atoms with E-state index in [1.165, 1.54) is 0 Å². The summed E-state index contributed by atoms with van der Waals surface area (Å²) in [7, 11) is 0. The van der Waals surface area contributed by atoms with E-state index < -0.39 is 5.97 Å². The molecular weight excluding hydrogens is 430 g/mol. The van der Waals surface area contributed by atoms with Crippen LogP contribution in [0.1, 0.15) is 69.4 Å². The number of aromatic carboxylic acids is 1. The van der Waals surface area contributed by atoms with Crippen molar-refractivity contribution >= 4 is 23.5 Å². The Morgan fingerprint density at radius 2 is 2.09 bits per heavy atom. The molecule has 2 aromatic rings. The van der Waals surface area contributed by atoms with Crippen LogP contribution in [0.15, 0.2) is 12.1 Å². The second-order valence-corrected chi connectivity index (χ2v) is 9.31. The van der Waals surface area contributed by atoms with E-state index in [4.69, 9.17) is 21.4 Å². The van der Waals surface area contributed by atoms with Gasteiger partial charge in [-0.05, 0) is 68.1 Å². The number of carbonyl (C=O) groups is 2. The number of nitrogens with zero attached hydrogens (tertiary/aromatic N) is 2. The Labute approximate surface area is 193 Å². The maximum Gasteiger partial charge on any atom is 0.336 e. The summed E-state index contributed by atoms with van der Waals surface area (Å²) in [4.78, 5) is 24.3. The van der Waals surface area contributed by atoms with Crippen molar-refractivity contribution in [1.82, 2.24) is 15.1 Å². The minimum atomic E-state index is -0.970. The van der Waals surface area contributed by atoms with E-state index in [9.17, 15) is 14.7 Å². The number of nitrogens with one attached hydrogen (secondary N) is 1. The van der Waals surface area contributed by atoms with Crippen LogP contribution in [0.3, 0.4) is 0 Å². The highest BCUT2D eigenvalue weighted by Gasteiger charge is 2.39. The number of carboxylic acids is 1. The van der Waals surface area contributed by atoms with Crippen molar-refractivity contribution in [1.29, 1.82) is 0 Å². The molecule has 3 heterocycles. The number of halogens is 1. The molecule has 1 aromatic carbocycles. The number of hydrogen-bond acceptors (Lipinski definition) is 4. The van der Waals surface area contributed by atoms with Gasteiger partial charge in [-0.3, -0.25) is 9.48 Å². The molecule has 32 heavy (non-hydrogen) atoms. The highest BCUT2D eigenvalue weighted by atomic mass is 35.5. The van der Waals surface area contributed by atoms with E-state index in [-0.39, 0.29) is 16.9 Å². The van der Waals surface area contributed by atoms with Gasteiger partial charge in [0.2, 0.25) is 0 Å². The smallest absolute Gasteiger partial charge is 0.336 e. The van der Waals surface area contributed by atoms with Gasteiger partial charge in [-0.2, -0.15) is 5.10 Å². The highest BCUT2D eigenvalue weighted by Crippen LogP contribution is 2.37. The van der Waals surface area contributed by atoms with Crippen LogP contribution in [0.2, 0.25) is 5.02 Å². The van der Waals surface area contributed by atoms with Gasteiger partial charge < -0.3 is 15.2 Å². The third-order valence-corrected chi connectivity index (χ3v) is 7.45. The first-order valence-electron chi connectivity index (χ1n) is 11.3. The van der Waals surface area contributed by atoms with Gasteiger partial charge in [0.05, 0.1) is 22.5 Å². The summed E-state index contributed by atoms with van der Waals surface area (Å²) in [6.45, 7) is 6.58. The third-order valence-electron chi connectivity index (χ3n) is 6.92. The summed E-state index contributed by atoms with van der Waals surface area (Å²) in [5.41, 5.74) is 4.41. The Morgan fingerprint density at radius 1 is 1.34 bits per heavy atom. The van der Waals surface area contributed by atoms with Gasteiger partial charge in [0, 0.05) is 31.3 Å². The number of hydrogen-bond donors (Lipinski definition) is 2. The van der Waals surface area contributed by atoms with E-state index in [2.05, 4.69) is 5.32 Å². The van der Waals surface area contributed by atoms with Gasteiger partial charge in [-0.15, -0.1) is 0 Å². The van der Waals surface area contributed by atoms with Gasteiger partial charge in [0.25, 0.3) is 5.91 Å². The topological polar surface area (TPSA) is 93.5 Å². The lowest BCUT2D eigenvalue weighted by molar-refractivity contribution is 0.0152. The SMILES string of the molecule is CCc1nn(CCCc2ccc(C(=O)O)c(C)c2Cl)c2c1C(=O)NCC1(CCOCC1)C2. The van der Waals surface area contributed by atoms with E-state index in [1.54, 1.807) is 19.1 Å². The van der Waals surface area contributed by atoms with Crippen molar-refractivity contribution in [2.24, 2.45) is 5.41 Å². The van der Waals surface area contributed by atoms with E-state index in [1.807, 2.05) is 11.6 Å². The average Bonchev–Trinajstić information content (AvgIpc) is 3.05. The maximum atomic E-state index is 12.9. The number of benzene rings is 1. The number of fused-ring (bicyclic) bond motifs is 1. The maximum absolute atomic E-state index is 12.9. The van der Waals surface area contributed by atoms with Crippen LogP contribution >= 0.6 is 11.6 Å². The number of rotatable bonds is 6. The minimum absolute atomic E-state index is 0.0191. The highest BCUT2D eigenvalue weighted by molar-refractivity contribution is 6.32. The zero-order valence-electron chi connectivity index (χ0n) is 18.7. The molecule has 172 valence electrons. The standard InChI is InChI=1S/C24H30ClN3O4/c1-3-18-20-19(13-24(14-26-22(20)29)8-11-32-12-9-24)28(27-18)10-4-5-16-6-7-17(23(30)31)15(2)21(16)25/h6-7H,3-5,8-14H2,1-2H3,(H,26,29)(H,30,31). The molecule has 1 fully saturated rings. The fraction of sp³-hybridized carbons (Fsp3) is 0.542. The molecule has 4 rings (SSSR count). The lowest BCUT2D eigenvalue weighted by Crippen LogP contribution is -2.40. The van der Waals surface area contributed by atoms with Crippen LogP contribution < -0.4 is 5.32 Å². The Kier molecular flexibility index (Phi) is 6.58. The molecule has 0 unspecified atom stereocenters. The zero-order valence-corrected chi connectivity index (χ0v) is 19.4. The lowest BCUT2D eigenvalue weighted by Gasteiger charge is -2.36. The molecule has 2 aliphatic rings. The number of carbonyl (C=O) groups excluding carboxylic acids is 1. The fourth-order valence-corrected chi connectivity index (χ4v) is 5.20. The van der Waals surface area contributed by atoms with Crippen LogP contribution in [0, 0.1) is 12.3 Å². The predicted molar refractivity (Wildman–Crippen MR) is 122 cm³/mol. The summed E-state index contributed by atoms with van der Waals surface area (Å²) in [5.74, 6) is -0.989. The van der Waals surface area contributed by atoms with E-state index >= 15 is 0 Å². The monoisotopic (exact) mass is 459 g/mol. The zero-order chi connectivity index (χ0) is 22.9. The quantitative estimate of drug-likeness (QED) is 0.684. The minimum Gasteiger partial charge on any atom is -0.478 e. The first-order valence-corrected chi connectivity index (χ1v) is 11.7. The van der Waals surface area contributed by atoms with Gasteiger partial charge in [-0.1, -0.05) is 24.6 Å². The Bertz CT molecular complexity index is 1040. The largest absolute Gasteiger partial charge is 0.478 e. The average molecular weight is 460 g/mol. The second-order valence-electron chi connectivity index (χ2n) is 8.94. The first-order chi connectivity index (χ1) is 15.3. The molecule has 1 saturated heterocycles. The van der Waals surface area contributed by atoms with Crippen LogP contribution in [0.25, 0.3) is 0 Å². The lowest BCUT2D eigenvalue weighted by atomic mass is 9.76. The number of carboxylic acid groups (broad SMARTS) is 1. The van der Waals surface area contributed by atoms with Gasteiger partial charge in [0.15, 0.2) is 0 Å². The fourth-order valence-electron chi connectivity index (χ4n) is 4.94. The summed E-state index contributed by atoms with van der Waals surface area (Å²) < 4.78 is 7.60. The van der Waals surface area contributed by atoms with Gasteiger partial charge >= 0.3 is 5.97 Å². The van der Waals surface area contributed by atoms with Crippen LogP contribution in [0.4, 0.5) is 0 Å². The van der Waals surface area contributed by atoms with Crippen LogP contribution in [-0.2, 0) is 30.5 Å². The van der Waals surface area contributed by atoms with Crippen LogP contribution in [-0.4, -0.2) is 46.5 Å². The molecule has 0 saturated carbocycles. The van der Waals surface area contributed by atoms with Crippen molar-refractivity contribution < 1.29 is 19.4 Å². The van der Waals surface area contributed by atoms with Gasteiger partial charge in [0.1, 0.15) is 0 Å². The van der Waals surface area contributed by atoms with E-state index in [0.29, 0.717) is 36.5 Å². The molecule has 2 N–H and O–H groups in total. The molecule has 1 amide bonds. The van der Waals surface area contributed by atoms with Crippen molar-refractivity contribution in [3.63, 3.8) is 0 Å². The summed E-state index contributed by atoms with van der Waals surface area (Å²) >= 11 is 6.45. The Morgan fingerprint density at radius 3 is 2.78 bits per heavy atom. The third kappa shape index (κ3) is 4.28. The molecule has 7 nitrogen and oxygen atoms in total. The number of amides is 1. The summed E-state index contributed by atoms with van der Waals surface area (Å²) in [6, 6.07) is 3.41. The van der Waals surface area contributed by atoms with Crippen molar-refractivity contribution in [2.75, 3.05) is 19.8 Å². The van der Waals surface area contributed by atoms with Crippen molar-refractivity contribution in [3.8, 4) is 0 Å². The molecule has 0 atom stereocenters. The first kappa shape index (κ1) is 22.8. The summed E-state index contributed by atoms with van der Waals surface area (Å²) in [5, 5.41) is 17.7. The van der Waals surface area contributed by atoms with Gasteiger partial charge in [-0.25, -0.2) is 4.79 Å². The number of ether oxygens (including phenoxy) is 1. The summed E-state index contributed by atoms with van der Waals surface area (Å²) in [6.07, 6.45) is 4.90. The molecule has 1 aromatic heterocycles. The molecule has 0 bridgehead atoms. The molecule has 2 aliphatic heterocycles. The molecular formula is C24H30ClN3O4. The molecule has 0 aliphatic carbocycles. The van der Waals surface area contributed by atoms with E-state index in [0.717, 1.165) is 61.4 Å². The molecule has 0 radical (unpaired) electrons. The molecule has 8 heteroatoms. The Balaban J connectivity index is 1.56. The molecule has 1 spiro atoms.